The molecule has 2 rings (SSSR count). The number of hydrogen-bond donors (Lipinski definition) is 2. The predicted octanol–water partition coefficient (Wildman–Crippen LogP) is 1.78. The minimum atomic E-state index is -0.259. The Bertz CT molecular complexity index is 669. The molecule has 1 aliphatic rings. The van der Waals surface area contributed by atoms with E-state index in [9.17, 15) is 14.4 Å². The Kier molecular flexibility index (Phi) is 5.73. The molecule has 6 heteroatoms. The number of likely N-dealkylation sites (N-methyl/N-ethyl adjacent to an activating group) is 1. The van der Waals surface area contributed by atoms with Crippen LogP contribution in [0.5, 0.6) is 0 Å². The molecule has 1 atom stereocenters. The van der Waals surface area contributed by atoms with Gasteiger partial charge in [-0.2, -0.15) is 0 Å². The number of nitrogens with zero attached hydrogens (tertiary/aromatic N) is 1. The third kappa shape index (κ3) is 4.22. The minimum absolute atomic E-state index is 0.00664. The maximum atomic E-state index is 12.2. The molecule has 1 unspecified atom stereocenters. The Morgan fingerprint density at radius 2 is 2.17 bits per heavy atom. The zero-order chi connectivity index (χ0) is 17.7. The second-order valence-electron chi connectivity index (χ2n) is 5.81. The van der Waals surface area contributed by atoms with Crippen molar-refractivity contribution in [2.45, 2.75) is 32.7 Å². The van der Waals surface area contributed by atoms with Crippen LogP contribution >= 0.6 is 0 Å². The average Bonchev–Trinajstić information content (AvgIpc) is 2.58. The van der Waals surface area contributed by atoms with Crippen LogP contribution in [0.15, 0.2) is 30.9 Å². The zero-order valence-corrected chi connectivity index (χ0v) is 14.1. The number of fused-ring (bicyclic) bond motifs is 1. The molecule has 2 N–H and O–H groups in total. The molecule has 0 bridgehead atoms. The lowest BCUT2D eigenvalue weighted by molar-refractivity contribution is -0.132. The van der Waals surface area contributed by atoms with E-state index in [1.807, 2.05) is 32.0 Å². The molecule has 0 aromatic heterocycles. The van der Waals surface area contributed by atoms with Crippen molar-refractivity contribution < 1.29 is 14.4 Å². The maximum absolute atomic E-state index is 12.2. The fraction of sp³-hybridized carbons (Fsp3) is 0.389. The SMILES string of the molecule is C=CC(=O)N(CC)CC(=O)NC(C)c1ccc2c(c1)CCC(=O)N2. The number of carbonyl (C=O) groups is 3. The molecule has 1 aliphatic heterocycles. The van der Waals surface area contributed by atoms with Crippen LogP contribution in [-0.4, -0.2) is 35.7 Å². The van der Waals surface area contributed by atoms with Crippen LogP contribution in [0.4, 0.5) is 5.69 Å². The Balaban J connectivity index is 2.00. The van der Waals surface area contributed by atoms with E-state index in [0.717, 1.165) is 16.8 Å². The molecular formula is C18H23N3O3. The van der Waals surface area contributed by atoms with Crippen molar-refractivity contribution in [3.8, 4) is 0 Å². The number of amides is 3. The first kappa shape index (κ1) is 17.7. The Morgan fingerprint density at radius 1 is 1.42 bits per heavy atom. The first-order chi connectivity index (χ1) is 11.4. The smallest absolute Gasteiger partial charge is 0.246 e. The summed E-state index contributed by atoms with van der Waals surface area (Å²) in [5, 5.41) is 5.74. The maximum Gasteiger partial charge on any atom is 0.246 e. The summed E-state index contributed by atoms with van der Waals surface area (Å²) in [7, 11) is 0. The number of anilines is 1. The lowest BCUT2D eigenvalue weighted by atomic mass is 9.98. The Morgan fingerprint density at radius 3 is 2.83 bits per heavy atom. The summed E-state index contributed by atoms with van der Waals surface area (Å²) < 4.78 is 0. The van der Waals surface area contributed by atoms with Crippen LogP contribution in [0.1, 0.15) is 37.4 Å². The van der Waals surface area contributed by atoms with Gasteiger partial charge in [0.25, 0.3) is 0 Å². The molecule has 0 saturated heterocycles. The largest absolute Gasteiger partial charge is 0.348 e. The molecule has 1 aromatic rings. The number of aryl methyl sites for hydroxylation is 1. The summed E-state index contributed by atoms with van der Waals surface area (Å²) >= 11 is 0. The van der Waals surface area contributed by atoms with Gasteiger partial charge in [-0.1, -0.05) is 18.7 Å². The number of nitrogens with one attached hydrogen (secondary N) is 2. The molecule has 0 saturated carbocycles. The topological polar surface area (TPSA) is 78.5 Å². The molecule has 1 aromatic carbocycles. The van der Waals surface area contributed by atoms with Crippen molar-refractivity contribution >= 4 is 23.4 Å². The minimum Gasteiger partial charge on any atom is -0.348 e. The third-order valence-electron chi connectivity index (χ3n) is 4.10. The molecule has 24 heavy (non-hydrogen) atoms. The first-order valence-corrected chi connectivity index (χ1v) is 8.08. The van der Waals surface area contributed by atoms with Gasteiger partial charge in [0.05, 0.1) is 12.6 Å². The Hall–Kier alpha value is -2.63. The van der Waals surface area contributed by atoms with Gasteiger partial charge in [-0.15, -0.1) is 0 Å². The van der Waals surface area contributed by atoms with Crippen LogP contribution in [-0.2, 0) is 20.8 Å². The van der Waals surface area contributed by atoms with E-state index < -0.39 is 0 Å². The van der Waals surface area contributed by atoms with Crippen molar-refractivity contribution in [2.75, 3.05) is 18.4 Å². The van der Waals surface area contributed by atoms with Crippen LogP contribution in [0.25, 0.3) is 0 Å². The van der Waals surface area contributed by atoms with Crippen LogP contribution in [0.3, 0.4) is 0 Å². The second kappa shape index (κ2) is 7.77. The van der Waals surface area contributed by atoms with E-state index >= 15 is 0 Å². The molecule has 3 amide bonds. The van der Waals surface area contributed by atoms with Gasteiger partial charge in [-0.25, -0.2) is 0 Å². The average molecular weight is 329 g/mol. The summed E-state index contributed by atoms with van der Waals surface area (Å²) in [4.78, 5) is 36.6. The fourth-order valence-corrected chi connectivity index (χ4v) is 2.69. The van der Waals surface area contributed by atoms with E-state index in [0.29, 0.717) is 19.4 Å². The van der Waals surface area contributed by atoms with Crippen LogP contribution in [0.2, 0.25) is 0 Å². The molecule has 6 nitrogen and oxygen atoms in total. The molecule has 1 heterocycles. The highest BCUT2D eigenvalue weighted by molar-refractivity contribution is 5.94. The van der Waals surface area contributed by atoms with Crippen molar-refractivity contribution in [1.82, 2.24) is 10.2 Å². The lowest BCUT2D eigenvalue weighted by Crippen LogP contribution is -2.40. The highest BCUT2D eigenvalue weighted by Gasteiger charge is 2.18. The van der Waals surface area contributed by atoms with Crippen LogP contribution in [0, 0.1) is 0 Å². The number of benzene rings is 1. The zero-order valence-electron chi connectivity index (χ0n) is 14.1. The van der Waals surface area contributed by atoms with Crippen molar-refractivity contribution in [3.63, 3.8) is 0 Å². The summed E-state index contributed by atoms with van der Waals surface area (Å²) in [6, 6.07) is 5.58. The highest BCUT2D eigenvalue weighted by Crippen LogP contribution is 2.26. The second-order valence-corrected chi connectivity index (χ2v) is 5.81. The third-order valence-corrected chi connectivity index (χ3v) is 4.10. The summed E-state index contributed by atoms with van der Waals surface area (Å²) in [6.07, 6.45) is 2.39. The Labute approximate surface area is 141 Å². The van der Waals surface area contributed by atoms with Crippen molar-refractivity contribution in [2.24, 2.45) is 0 Å². The van der Waals surface area contributed by atoms with E-state index in [2.05, 4.69) is 17.2 Å². The summed E-state index contributed by atoms with van der Waals surface area (Å²) in [6.45, 7) is 7.61. The molecule has 0 fully saturated rings. The van der Waals surface area contributed by atoms with Crippen molar-refractivity contribution in [3.05, 3.63) is 42.0 Å². The molecule has 0 radical (unpaired) electrons. The van der Waals surface area contributed by atoms with E-state index in [1.165, 1.54) is 11.0 Å². The van der Waals surface area contributed by atoms with Gasteiger partial charge < -0.3 is 15.5 Å². The molecule has 128 valence electrons. The van der Waals surface area contributed by atoms with E-state index in [4.69, 9.17) is 0 Å². The highest BCUT2D eigenvalue weighted by atomic mass is 16.2. The van der Waals surface area contributed by atoms with Gasteiger partial charge in [0.15, 0.2) is 0 Å². The predicted molar refractivity (Wildman–Crippen MR) is 92.4 cm³/mol. The van der Waals surface area contributed by atoms with E-state index in [-0.39, 0.29) is 30.3 Å². The van der Waals surface area contributed by atoms with Gasteiger partial charge in [-0.05, 0) is 43.5 Å². The summed E-state index contributed by atoms with van der Waals surface area (Å²) in [5.74, 6) is -0.446. The first-order valence-electron chi connectivity index (χ1n) is 8.08. The van der Waals surface area contributed by atoms with Crippen LogP contribution < -0.4 is 10.6 Å². The fourth-order valence-electron chi connectivity index (χ4n) is 2.69. The summed E-state index contributed by atoms with van der Waals surface area (Å²) in [5.41, 5.74) is 2.88. The van der Waals surface area contributed by atoms with Gasteiger partial charge >= 0.3 is 0 Å². The standard InChI is InChI=1S/C18H23N3O3/c1-4-18(24)21(5-2)11-17(23)19-12(3)13-6-8-15-14(10-13)7-9-16(22)20-15/h4,6,8,10,12H,1,5,7,9,11H2,2-3H3,(H,19,23)(H,20,22). The molecule has 0 spiro atoms. The molecular weight excluding hydrogens is 306 g/mol. The molecule has 0 aliphatic carbocycles. The quantitative estimate of drug-likeness (QED) is 0.781. The van der Waals surface area contributed by atoms with Crippen molar-refractivity contribution in [1.29, 1.82) is 0 Å². The van der Waals surface area contributed by atoms with Gasteiger partial charge in [0.1, 0.15) is 0 Å². The number of carbonyl (C=O) groups excluding carboxylic acids is 3. The lowest BCUT2D eigenvalue weighted by Gasteiger charge is -2.22. The van der Waals surface area contributed by atoms with Gasteiger partial charge in [0.2, 0.25) is 17.7 Å². The van der Waals surface area contributed by atoms with Gasteiger partial charge in [-0.3, -0.25) is 14.4 Å². The van der Waals surface area contributed by atoms with E-state index in [1.54, 1.807) is 0 Å². The number of hydrogen-bond acceptors (Lipinski definition) is 3. The normalized spacial score (nSPS) is 14.2. The van der Waals surface area contributed by atoms with Gasteiger partial charge in [0, 0.05) is 18.7 Å². The monoisotopic (exact) mass is 329 g/mol. The number of rotatable bonds is 6.